The average Bonchev–Trinajstić information content (AvgIpc) is 3.23. The maximum atomic E-state index is 12.5. The Hall–Kier alpha value is -3.22. The number of imidazole rings is 1. The van der Waals surface area contributed by atoms with Crippen molar-refractivity contribution in [2.75, 3.05) is 7.05 Å². The van der Waals surface area contributed by atoms with E-state index in [1.165, 1.54) is 13.4 Å². The third-order valence-corrected chi connectivity index (χ3v) is 3.75. The highest BCUT2D eigenvalue weighted by atomic mass is 16.2. The number of imide groups is 1. The van der Waals surface area contributed by atoms with Gasteiger partial charge >= 0.3 is 0 Å². The number of rotatable bonds is 2. The van der Waals surface area contributed by atoms with Crippen LogP contribution in [0.5, 0.6) is 0 Å². The van der Waals surface area contributed by atoms with Crippen LogP contribution >= 0.6 is 0 Å². The van der Waals surface area contributed by atoms with Gasteiger partial charge in [-0.2, -0.15) is 0 Å². The van der Waals surface area contributed by atoms with Gasteiger partial charge in [-0.1, -0.05) is 0 Å². The summed E-state index contributed by atoms with van der Waals surface area (Å²) in [6, 6.07) is 3.66. The molecule has 0 radical (unpaired) electrons. The van der Waals surface area contributed by atoms with Crippen LogP contribution in [0, 0.1) is 0 Å². The lowest BCUT2D eigenvalue weighted by atomic mass is 10.0. The Morgan fingerprint density at radius 1 is 1.18 bits per heavy atom. The molecule has 108 valence electrons. The summed E-state index contributed by atoms with van der Waals surface area (Å²) in [6.07, 6.45) is 8.09. The molecule has 7 heteroatoms. The van der Waals surface area contributed by atoms with Gasteiger partial charge in [-0.3, -0.25) is 14.5 Å². The molecule has 22 heavy (non-hydrogen) atoms. The standard InChI is InChI=1S/C15H11N5O2/c1-19-14(21)11(12(15(19)22)20-6-5-16-8-20)10-7-18-13-9(10)3-2-4-17-13/h2-8H,1H3,(H,17,18). The average molecular weight is 293 g/mol. The second kappa shape index (κ2) is 4.39. The Labute approximate surface area is 124 Å². The van der Waals surface area contributed by atoms with Crippen molar-refractivity contribution in [1.29, 1.82) is 0 Å². The van der Waals surface area contributed by atoms with E-state index in [-0.39, 0.29) is 11.8 Å². The summed E-state index contributed by atoms with van der Waals surface area (Å²) in [5.74, 6) is -0.685. The van der Waals surface area contributed by atoms with Crippen molar-refractivity contribution in [2.45, 2.75) is 0 Å². The smallest absolute Gasteiger partial charge is 0.278 e. The van der Waals surface area contributed by atoms with E-state index in [1.54, 1.807) is 35.4 Å². The van der Waals surface area contributed by atoms with Crippen LogP contribution in [-0.4, -0.2) is 43.3 Å². The number of carbonyl (C=O) groups excluding carboxylic acids is 2. The molecule has 0 aliphatic carbocycles. The SMILES string of the molecule is CN1C(=O)C(c2c[nH]c3ncccc23)=C(n2ccnc2)C1=O. The fourth-order valence-corrected chi connectivity index (χ4v) is 2.66. The second-order valence-electron chi connectivity index (χ2n) is 4.96. The van der Waals surface area contributed by atoms with E-state index in [0.717, 1.165) is 10.3 Å². The van der Waals surface area contributed by atoms with Crippen LogP contribution in [0.2, 0.25) is 0 Å². The molecular formula is C15H11N5O2. The van der Waals surface area contributed by atoms with E-state index >= 15 is 0 Å². The van der Waals surface area contributed by atoms with Crippen molar-refractivity contribution in [2.24, 2.45) is 0 Å². The zero-order valence-electron chi connectivity index (χ0n) is 11.6. The van der Waals surface area contributed by atoms with Gasteiger partial charge in [0, 0.05) is 42.8 Å². The van der Waals surface area contributed by atoms with Gasteiger partial charge in [0.15, 0.2) is 0 Å². The van der Waals surface area contributed by atoms with Crippen molar-refractivity contribution in [1.82, 2.24) is 24.4 Å². The molecule has 0 aromatic carbocycles. The fourth-order valence-electron chi connectivity index (χ4n) is 2.66. The third-order valence-electron chi connectivity index (χ3n) is 3.75. The van der Waals surface area contributed by atoms with Gasteiger partial charge in [0.25, 0.3) is 11.8 Å². The number of hydrogen-bond acceptors (Lipinski definition) is 4. The maximum Gasteiger partial charge on any atom is 0.278 e. The fraction of sp³-hybridized carbons (Fsp3) is 0.0667. The molecule has 7 nitrogen and oxygen atoms in total. The molecule has 1 N–H and O–H groups in total. The van der Waals surface area contributed by atoms with Crippen LogP contribution in [0.4, 0.5) is 0 Å². The number of likely N-dealkylation sites (N-methyl/N-ethyl adjacent to an activating group) is 1. The number of nitrogens with one attached hydrogen (secondary N) is 1. The summed E-state index contributed by atoms with van der Waals surface area (Å²) in [5, 5.41) is 0.798. The largest absolute Gasteiger partial charge is 0.346 e. The highest BCUT2D eigenvalue weighted by Gasteiger charge is 2.38. The van der Waals surface area contributed by atoms with Crippen molar-refractivity contribution >= 4 is 34.1 Å². The van der Waals surface area contributed by atoms with E-state index in [1.807, 2.05) is 6.07 Å². The van der Waals surface area contributed by atoms with Crippen LogP contribution in [0.25, 0.3) is 22.3 Å². The molecule has 4 heterocycles. The predicted octanol–water partition coefficient (Wildman–Crippen LogP) is 1.13. The molecule has 0 spiro atoms. The molecule has 2 amide bonds. The first-order chi connectivity index (χ1) is 10.7. The first kappa shape index (κ1) is 12.5. The summed E-state index contributed by atoms with van der Waals surface area (Å²) in [4.78, 5) is 37.3. The highest BCUT2D eigenvalue weighted by molar-refractivity contribution is 6.47. The van der Waals surface area contributed by atoms with Crippen molar-refractivity contribution < 1.29 is 9.59 Å². The van der Waals surface area contributed by atoms with Crippen LogP contribution in [-0.2, 0) is 9.59 Å². The molecule has 0 saturated carbocycles. The molecule has 0 fully saturated rings. The normalized spacial score (nSPS) is 15.4. The molecule has 3 aromatic rings. The van der Waals surface area contributed by atoms with Gasteiger partial charge in [-0.25, -0.2) is 9.97 Å². The number of hydrogen-bond donors (Lipinski definition) is 1. The van der Waals surface area contributed by atoms with E-state index in [9.17, 15) is 9.59 Å². The van der Waals surface area contributed by atoms with Crippen molar-refractivity contribution in [3.63, 3.8) is 0 Å². The Kier molecular flexibility index (Phi) is 2.50. The van der Waals surface area contributed by atoms with Crippen LogP contribution in [0.15, 0.2) is 43.2 Å². The monoisotopic (exact) mass is 293 g/mol. The Bertz CT molecular complexity index is 936. The number of pyridine rings is 1. The molecule has 0 atom stereocenters. The van der Waals surface area contributed by atoms with Crippen LogP contribution in [0.1, 0.15) is 5.56 Å². The molecule has 0 saturated heterocycles. The van der Waals surface area contributed by atoms with Gasteiger partial charge in [0.1, 0.15) is 11.3 Å². The van der Waals surface area contributed by atoms with E-state index in [4.69, 9.17) is 0 Å². The summed E-state index contributed by atoms with van der Waals surface area (Å²) < 4.78 is 1.56. The lowest BCUT2D eigenvalue weighted by Crippen LogP contribution is -2.27. The number of H-pyrrole nitrogens is 1. The number of nitrogens with zero attached hydrogens (tertiary/aromatic N) is 4. The van der Waals surface area contributed by atoms with Gasteiger partial charge < -0.3 is 9.55 Å². The van der Waals surface area contributed by atoms with E-state index in [2.05, 4.69) is 15.0 Å². The van der Waals surface area contributed by atoms with Crippen LogP contribution in [0.3, 0.4) is 0 Å². The minimum atomic E-state index is -0.351. The minimum Gasteiger partial charge on any atom is -0.346 e. The Balaban J connectivity index is 2.04. The Morgan fingerprint density at radius 2 is 2.05 bits per heavy atom. The van der Waals surface area contributed by atoms with E-state index in [0.29, 0.717) is 22.5 Å². The van der Waals surface area contributed by atoms with Crippen molar-refractivity contribution in [3.8, 4) is 0 Å². The predicted molar refractivity (Wildman–Crippen MR) is 79.2 cm³/mol. The van der Waals surface area contributed by atoms with Gasteiger partial charge in [0.05, 0.1) is 11.9 Å². The maximum absolute atomic E-state index is 12.5. The lowest BCUT2D eigenvalue weighted by Gasteiger charge is -2.06. The van der Waals surface area contributed by atoms with Crippen molar-refractivity contribution in [3.05, 3.63) is 48.8 Å². The summed E-state index contributed by atoms with van der Waals surface area (Å²) in [5.41, 5.74) is 1.98. The molecule has 0 bridgehead atoms. The van der Waals surface area contributed by atoms with Crippen LogP contribution < -0.4 is 0 Å². The quantitative estimate of drug-likeness (QED) is 0.718. The Morgan fingerprint density at radius 3 is 2.82 bits per heavy atom. The first-order valence-electron chi connectivity index (χ1n) is 6.66. The summed E-state index contributed by atoms with van der Waals surface area (Å²) in [7, 11) is 1.47. The molecule has 4 rings (SSSR count). The minimum absolute atomic E-state index is 0.301. The number of amides is 2. The zero-order valence-corrected chi connectivity index (χ0v) is 11.6. The highest BCUT2D eigenvalue weighted by Crippen LogP contribution is 2.34. The number of aromatic nitrogens is 4. The van der Waals surface area contributed by atoms with Gasteiger partial charge in [-0.05, 0) is 12.1 Å². The molecule has 0 unspecified atom stereocenters. The summed E-state index contributed by atoms with van der Waals surface area (Å²) in [6.45, 7) is 0. The molecule has 3 aromatic heterocycles. The second-order valence-corrected chi connectivity index (χ2v) is 4.96. The lowest BCUT2D eigenvalue weighted by molar-refractivity contribution is -0.134. The third kappa shape index (κ3) is 1.56. The van der Waals surface area contributed by atoms with E-state index < -0.39 is 0 Å². The topological polar surface area (TPSA) is 83.9 Å². The first-order valence-corrected chi connectivity index (χ1v) is 6.66. The number of fused-ring (bicyclic) bond motifs is 1. The summed E-state index contributed by atoms with van der Waals surface area (Å²) >= 11 is 0. The zero-order chi connectivity index (χ0) is 15.3. The number of aromatic amines is 1. The van der Waals surface area contributed by atoms with Gasteiger partial charge in [-0.15, -0.1) is 0 Å². The molecule has 1 aliphatic rings. The van der Waals surface area contributed by atoms with Gasteiger partial charge in [0.2, 0.25) is 0 Å². The number of carbonyl (C=O) groups is 2. The molecule has 1 aliphatic heterocycles. The molecular weight excluding hydrogens is 282 g/mol.